The summed E-state index contributed by atoms with van der Waals surface area (Å²) in [5.41, 5.74) is 2.34. The van der Waals surface area contributed by atoms with Gasteiger partial charge in [-0.2, -0.15) is 0 Å². The molecule has 0 aliphatic carbocycles. The molecule has 0 saturated heterocycles. The summed E-state index contributed by atoms with van der Waals surface area (Å²) >= 11 is 6.11. The van der Waals surface area contributed by atoms with Gasteiger partial charge in [0.25, 0.3) is 11.8 Å². The Kier molecular flexibility index (Phi) is 6.14. The van der Waals surface area contributed by atoms with Gasteiger partial charge in [-0.3, -0.25) is 14.5 Å². The van der Waals surface area contributed by atoms with Crippen molar-refractivity contribution in [3.63, 3.8) is 0 Å². The van der Waals surface area contributed by atoms with Crippen LogP contribution in [0.1, 0.15) is 11.1 Å². The number of amides is 2. The number of rotatable bonds is 8. The lowest BCUT2D eigenvalue weighted by Gasteiger charge is -2.15. The summed E-state index contributed by atoms with van der Waals surface area (Å²) in [7, 11) is 1.62. The van der Waals surface area contributed by atoms with Gasteiger partial charge in [0.15, 0.2) is 0 Å². The second-order valence-electron chi connectivity index (χ2n) is 6.21. The molecule has 140 valence electrons. The minimum absolute atomic E-state index is 0.0391. The summed E-state index contributed by atoms with van der Waals surface area (Å²) in [6.45, 7) is 0.811. The predicted octanol–water partition coefficient (Wildman–Crippen LogP) is 2.89. The normalized spacial score (nSPS) is 14.1. The summed E-state index contributed by atoms with van der Waals surface area (Å²) in [5, 5.41) is 2.98. The molecule has 2 aromatic rings. The van der Waals surface area contributed by atoms with Crippen molar-refractivity contribution in [2.75, 3.05) is 20.2 Å². The molecule has 2 aromatic carbocycles. The predicted molar refractivity (Wildman–Crippen MR) is 104 cm³/mol. The van der Waals surface area contributed by atoms with Crippen LogP contribution in [0, 0.1) is 0 Å². The Balaban J connectivity index is 1.55. The number of hydrogen-bond acceptors (Lipinski definition) is 4. The lowest BCUT2D eigenvalue weighted by molar-refractivity contribution is -0.137. The molecular weight excluding hydrogens is 364 g/mol. The summed E-state index contributed by atoms with van der Waals surface area (Å²) in [6, 6.07) is 17.4. The van der Waals surface area contributed by atoms with Crippen LogP contribution in [0.25, 0.3) is 0 Å². The third-order valence-corrected chi connectivity index (χ3v) is 4.80. The van der Waals surface area contributed by atoms with Crippen molar-refractivity contribution >= 4 is 23.4 Å². The third-order valence-electron chi connectivity index (χ3n) is 4.45. The van der Waals surface area contributed by atoms with Crippen LogP contribution >= 0.6 is 11.6 Å². The number of carbonyl (C=O) groups excluding carboxylic acids is 2. The number of methoxy groups -OCH3 is 1. The smallest absolute Gasteiger partial charge is 0.278 e. The molecule has 0 atom stereocenters. The van der Waals surface area contributed by atoms with E-state index in [2.05, 4.69) is 5.32 Å². The molecule has 2 amide bonds. The van der Waals surface area contributed by atoms with Gasteiger partial charge >= 0.3 is 0 Å². The molecule has 3 rings (SSSR count). The second kappa shape index (κ2) is 8.73. The Labute approximate surface area is 163 Å². The molecule has 0 aromatic heterocycles. The van der Waals surface area contributed by atoms with Crippen molar-refractivity contribution in [1.82, 2.24) is 10.2 Å². The summed E-state index contributed by atoms with van der Waals surface area (Å²) in [5.74, 6) is -0.0108. The minimum Gasteiger partial charge on any atom is -0.497 e. The van der Waals surface area contributed by atoms with E-state index in [1.54, 1.807) is 7.11 Å². The van der Waals surface area contributed by atoms with Crippen molar-refractivity contribution in [3.05, 3.63) is 76.5 Å². The van der Waals surface area contributed by atoms with Gasteiger partial charge in [-0.15, -0.1) is 0 Å². The number of hydrogen-bond donors (Lipinski definition) is 1. The van der Waals surface area contributed by atoms with Crippen LogP contribution in [-0.4, -0.2) is 36.9 Å². The number of halogens is 1. The van der Waals surface area contributed by atoms with E-state index in [4.69, 9.17) is 16.3 Å². The van der Waals surface area contributed by atoms with Crippen LogP contribution in [0.15, 0.2) is 65.3 Å². The zero-order valence-electron chi connectivity index (χ0n) is 15.1. The van der Waals surface area contributed by atoms with Crippen molar-refractivity contribution < 1.29 is 14.3 Å². The molecule has 0 spiro atoms. The van der Waals surface area contributed by atoms with E-state index in [-0.39, 0.29) is 16.6 Å². The number of ether oxygens (including phenoxy) is 1. The van der Waals surface area contributed by atoms with Gasteiger partial charge in [0, 0.05) is 13.1 Å². The number of carbonyl (C=O) groups is 2. The summed E-state index contributed by atoms with van der Waals surface area (Å²) in [4.78, 5) is 26.1. The van der Waals surface area contributed by atoms with E-state index in [1.807, 2.05) is 54.6 Å². The average Bonchev–Trinajstić information content (AvgIpc) is 2.91. The Morgan fingerprint density at radius 2 is 1.59 bits per heavy atom. The van der Waals surface area contributed by atoms with E-state index in [0.29, 0.717) is 25.9 Å². The third kappa shape index (κ3) is 4.49. The van der Waals surface area contributed by atoms with Gasteiger partial charge in [0.1, 0.15) is 16.5 Å². The highest BCUT2D eigenvalue weighted by molar-refractivity contribution is 6.47. The average molecular weight is 385 g/mol. The Hall–Kier alpha value is -2.79. The van der Waals surface area contributed by atoms with Crippen molar-refractivity contribution in [3.8, 4) is 5.75 Å². The van der Waals surface area contributed by atoms with Crippen molar-refractivity contribution in [2.24, 2.45) is 0 Å². The molecular formula is C21H21ClN2O3. The molecule has 1 aliphatic rings. The molecule has 1 N–H and O–H groups in total. The van der Waals surface area contributed by atoms with Crippen LogP contribution in [0.3, 0.4) is 0 Å². The first-order valence-corrected chi connectivity index (χ1v) is 9.14. The fourth-order valence-corrected chi connectivity index (χ4v) is 3.16. The molecule has 0 fully saturated rings. The number of nitrogens with zero attached hydrogens (tertiary/aromatic N) is 1. The molecule has 0 saturated carbocycles. The molecule has 5 nitrogen and oxygen atoms in total. The standard InChI is InChI=1S/C21H21ClN2O3/c1-27-17-9-7-16(8-10-17)11-13-23-19-18(22)20(25)24(21(19)26)14-12-15-5-3-2-4-6-15/h2-10,23H,11-14H2,1H3. The summed E-state index contributed by atoms with van der Waals surface area (Å²) in [6.07, 6.45) is 1.30. The molecule has 27 heavy (non-hydrogen) atoms. The number of benzene rings is 2. The maximum absolute atomic E-state index is 12.6. The molecule has 6 heteroatoms. The van der Waals surface area contributed by atoms with Crippen LogP contribution in [0.4, 0.5) is 0 Å². The number of nitrogens with one attached hydrogen (secondary N) is 1. The molecule has 1 aliphatic heterocycles. The molecule has 0 radical (unpaired) electrons. The number of imide groups is 1. The van der Waals surface area contributed by atoms with E-state index in [0.717, 1.165) is 16.9 Å². The first-order chi connectivity index (χ1) is 13.1. The van der Waals surface area contributed by atoms with E-state index < -0.39 is 5.91 Å². The minimum atomic E-state index is -0.440. The van der Waals surface area contributed by atoms with Crippen LogP contribution in [0.2, 0.25) is 0 Å². The maximum atomic E-state index is 12.6. The lowest BCUT2D eigenvalue weighted by Crippen LogP contribution is -2.35. The molecule has 0 bridgehead atoms. The van der Waals surface area contributed by atoms with Crippen molar-refractivity contribution in [1.29, 1.82) is 0 Å². The zero-order valence-corrected chi connectivity index (χ0v) is 15.8. The Morgan fingerprint density at radius 3 is 2.26 bits per heavy atom. The van der Waals surface area contributed by atoms with Gasteiger partial charge in [0.05, 0.1) is 7.11 Å². The van der Waals surface area contributed by atoms with E-state index in [1.165, 1.54) is 4.90 Å². The monoisotopic (exact) mass is 384 g/mol. The largest absolute Gasteiger partial charge is 0.497 e. The van der Waals surface area contributed by atoms with Crippen LogP contribution in [0.5, 0.6) is 5.75 Å². The van der Waals surface area contributed by atoms with Crippen LogP contribution in [-0.2, 0) is 22.4 Å². The molecule has 0 unspecified atom stereocenters. The topological polar surface area (TPSA) is 58.6 Å². The van der Waals surface area contributed by atoms with Gasteiger partial charge < -0.3 is 10.1 Å². The highest BCUT2D eigenvalue weighted by Crippen LogP contribution is 2.22. The first kappa shape index (κ1) is 19.0. The fourth-order valence-electron chi connectivity index (χ4n) is 2.91. The van der Waals surface area contributed by atoms with E-state index in [9.17, 15) is 9.59 Å². The Morgan fingerprint density at radius 1 is 0.926 bits per heavy atom. The van der Waals surface area contributed by atoms with Crippen LogP contribution < -0.4 is 10.1 Å². The molecule has 1 heterocycles. The quantitative estimate of drug-likeness (QED) is 0.711. The second-order valence-corrected chi connectivity index (χ2v) is 6.59. The maximum Gasteiger partial charge on any atom is 0.278 e. The van der Waals surface area contributed by atoms with Gasteiger partial charge in [-0.25, -0.2) is 0 Å². The first-order valence-electron chi connectivity index (χ1n) is 8.77. The highest BCUT2D eigenvalue weighted by atomic mass is 35.5. The van der Waals surface area contributed by atoms with E-state index >= 15 is 0 Å². The SMILES string of the molecule is COc1ccc(CCNC2=C(Cl)C(=O)N(CCc3ccccc3)C2=O)cc1. The van der Waals surface area contributed by atoms with Gasteiger partial charge in [-0.05, 0) is 36.1 Å². The van der Waals surface area contributed by atoms with Crippen molar-refractivity contribution in [2.45, 2.75) is 12.8 Å². The zero-order chi connectivity index (χ0) is 19.2. The van der Waals surface area contributed by atoms with Gasteiger partial charge in [0.2, 0.25) is 0 Å². The summed E-state index contributed by atoms with van der Waals surface area (Å²) < 4.78 is 5.13. The lowest BCUT2D eigenvalue weighted by atomic mass is 10.1. The van der Waals surface area contributed by atoms with Gasteiger partial charge in [-0.1, -0.05) is 54.1 Å². The highest BCUT2D eigenvalue weighted by Gasteiger charge is 2.37. The Bertz CT molecular complexity index is 847. The fraction of sp³-hybridized carbons (Fsp3) is 0.238.